The molecule has 9 nitrogen and oxygen atoms in total. The van der Waals surface area contributed by atoms with Gasteiger partial charge in [-0.05, 0) is 62.4 Å². The number of ether oxygens (including phenoxy) is 1. The molecular weight excluding hydrogens is 552 g/mol. The highest BCUT2D eigenvalue weighted by atomic mass is 16.5. The fourth-order valence-electron chi connectivity index (χ4n) is 6.94. The fourth-order valence-corrected chi connectivity index (χ4v) is 6.94. The number of fused-ring (bicyclic) bond motifs is 2. The summed E-state index contributed by atoms with van der Waals surface area (Å²) in [7, 11) is 3.65. The van der Waals surface area contributed by atoms with E-state index in [0.717, 1.165) is 90.5 Å². The highest BCUT2D eigenvalue weighted by molar-refractivity contribution is 6.00. The van der Waals surface area contributed by atoms with E-state index in [0.29, 0.717) is 24.4 Å². The van der Waals surface area contributed by atoms with E-state index in [4.69, 9.17) is 15.5 Å². The lowest BCUT2D eigenvalue weighted by Crippen LogP contribution is -2.45. The van der Waals surface area contributed by atoms with Crippen LogP contribution in [-0.4, -0.2) is 57.1 Å². The number of carbonyl (C=O) groups is 2. The molecule has 234 valence electrons. The molecule has 2 aromatic carbocycles. The summed E-state index contributed by atoms with van der Waals surface area (Å²) >= 11 is 0. The van der Waals surface area contributed by atoms with Crippen LogP contribution in [0.1, 0.15) is 87.7 Å². The van der Waals surface area contributed by atoms with Crippen molar-refractivity contribution in [2.24, 2.45) is 18.2 Å². The van der Waals surface area contributed by atoms with Gasteiger partial charge >= 0.3 is 0 Å². The molecule has 2 amide bonds. The van der Waals surface area contributed by atoms with Crippen LogP contribution in [0.5, 0.6) is 5.75 Å². The summed E-state index contributed by atoms with van der Waals surface area (Å²) in [4.78, 5) is 33.6. The summed E-state index contributed by atoms with van der Waals surface area (Å²) in [6, 6.07) is 12.3. The van der Waals surface area contributed by atoms with Crippen LogP contribution in [-0.2, 0) is 18.4 Å². The van der Waals surface area contributed by atoms with Crippen molar-refractivity contribution in [1.82, 2.24) is 24.3 Å². The number of methoxy groups -OCH3 is 1. The number of carbonyl (C=O) groups excluding carboxylic acids is 2. The lowest BCUT2D eigenvalue weighted by molar-refractivity contribution is -0.130. The Bertz CT molecular complexity index is 1720. The quantitative estimate of drug-likeness (QED) is 0.304. The van der Waals surface area contributed by atoms with Gasteiger partial charge in [0.05, 0.1) is 24.4 Å². The van der Waals surface area contributed by atoms with Crippen molar-refractivity contribution in [1.29, 1.82) is 0 Å². The van der Waals surface area contributed by atoms with Crippen LogP contribution < -0.4 is 15.8 Å². The highest BCUT2D eigenvalue weighted by Gasteiger charge is 2.29. The molecule has 2 bridgehead atoms. The number of amides is 2. The predicted octanol–water partition coefficient (Wildman–Crippen LogP) is 5.93. The summed E-state index contributed by atoms with van der Waals surface area (Å²) in [5.74, 6) is 1.52. The minimum Gasteiger partial charge on any atom is -0.494 e. The van der Waals surface area contributed by atoms with E-state index in [1.807, 2.05) is 24.1 Å². The van der Waals surface area contributed by atoms with Crippen molar-refractivity contribution >= 4 is 33.8 Å². The van der Waals surface area contributed by atoms with Crippen LogP contribution in [0.25, 0.3) is 33.5 Å². The summed E-state index contributed by atoms with van der Waals surface area (Å²) in [6.45, 7) is 8.30. The molecule has 9 heteroatoms. The van der Waals surface area contributed by atoms with E-state index in [2.05, 4.69) is 59.5 Å². The third kappa shape index (κ3) is 5.58. The lowest BCUT2D eigenvalue weighted by Gasteiger charge is -2.30. The second-order valence-electron chi connectivity index (χ2n) is 13.4. The first-order chi connectivity index (χ1) is 21.1. The Morgan fingerprint density at radius 2 is 1.86 bits per heavy atom. The number of nitrogens with two attached hydrogens (primary N) is 1. The van der Waals surface area contributed by atoms with Gasteiger partial charge in [-0.15, -0.1) is 0 Å². The van der Waals surface area contributed by atoms with Crippen LogP contribution in [0.2, 0.25) is 0 Å². The number of aryl methyl sites for hydroxylation is 2. The number of aromatic nitrogens is 3. The molecule has 1 fully saturated rings. The Morgan fingerprint density at radius 3 is 2.64 bits per heavy atom. The van der Waals surface area contributed by atoms with E-state index in [9.17, 15) is 9.59 Å². The van der Waals surface area contributed by atoms with Crippen molar-refractivity contribution in [2.45, 2.75) is 84.3 Å². The van der Waals surface area contributed by atoms with Crippen molar-refractivity contribution in [3.05, 3.63) is 47.5 Å². The molecule has 3 N–H and O–H groups in total. The number of hydrogen-bond donors (Lipinski definition) is 2. The maximum Gasteiger partial charge on any atom is 0.254 e. The normalized spacial score (nSPS) is 21.4. The van der Waals surface area contributed by atoms with Crippen molar-refractivity contribution in [2.75, 3.05) is 20.2 Å². The second kappa shape index (κ2) is 11.9. The number of rotatable bonds is 3. The van der Waals surface area contributed by atoms with Crippen LogP contribution >= 0.6 is 0 Å². The zero-order valence-electron chi connectivity index (χ0n) is 26.8. The van der Waals surface area contributed by atoms with Crippen LogP contribution in [0.4, 0.5) is 0 Å². The van der Waals surface area contributed by atoms with Gasteiger partial charge in [-0.3, -0.25) is 9.59 Å². The van der Waals surface area contributed by atoms with E-state index >= 15 is 0 Å². The van der Waals surface area contributed by atoms with Gasteiger partial charge in [0.1, 0.15) is 11.3 Å². The number of benzene rings is 2. The molecule has 0 spiro atoms. The molecule has 2 aromatic heterocycles. The number of piperidine rings is 1. The Morgan fingerprint density at radius 1 is 1.07 bits per heavy atom. The van der Waals surface area contributed by atoms with Gasteiger partial charge in [0.15, 0.2) is 5.82 Å². The maximum absolute atomic E-state index is 13.5. The molecular formula is C35H46N6O3. The molecule has 2 aliphatic heterocycles. The van der Waals surface area contributed by atoms with Crippen LogP contribution in [0.3, 0.4) is 0 Å². The van der Waals surface area contributed by atoms with Gasteiger partial charge in [0.2, 0.25) is 5.91 Å². The molecule has 0 aliphatic carbocycles. The average molecular weight is 599 g/mol. The number of hydrogen-bond acceptors (Lipinski definition) is 5. The Labute approximate surface area is 259 Å². The SMILES string of the molecule is COc1cc(C(=O)N2CCC[C@@H](N)C2)cc2nc(-c3cc4ccc5cc4n3CCCCCCC(C)(C)C(=O)N[C@@H]5C)n(C)c12. The molecule has 0 saturated carbocycles. The number of nitrogens with one attached hydrogen (secondary N) is 1. The van der Waals surface area contributed by atoms with Gasteiger partial charge in [-0.2, -0.15) is 0 Å². The molecule has 2 atom stereocenters. The van der Waals surface area contributed by atoms with Gasteiger partial charge in [0, 0.05) is 54.6 Å². The van der Waals surface area contributed by atoms with Gasteiger partial charge in [-0.25, -0.2) is 4.98 Å². The van der Waals surface area contributed by atoms with Crippen molar-refractivity contribution in [3.63, 3.8) is 0 Å². The summed E-state index contributed by atoms with van der Waals surface area (Å²) < 4.78 is 10.3. The first-order valence-electron chi connectivity index (χ1n) is 16.1. The zero-order valence-corrected chi connectivity index (χ0v) is 26.8. The minimum atomic E-state index is -0.387. The maximum atomic E-state index is 13.5. The van der Waals surface area contributed by atoms with Crippen molar-refractivity contribution < 1.29 is 14.3 Å². The van der Waals surface area contributed by atoms with Gasteiger partial charge in [0.25, 0.3) is 5.91 Å². The highest BCUT2D eigenvalue weighted by Crippen LogP contribution is 2.36. The molecule has 4 heterocycles. The third-order valence-electron chi connectivity index (χ3n) is 9.70. The Balaban J connectivity index is 1.43. The smallest absolute Gasteiger partial charge is 0.254 e. The zero-order chi connectivity index (χ0) is 31.2. The fraction of sp³-hybridized carbons (Fsp3) is 0.514. The summed E-state index contributed by atoms with van der Waals surface area (Å²) in [5.41, 5.74) is 11.2. The number of imidazole rings is 1. The molecule has 1 saturated heterocycles. The van der Waals surface area contributed by atoms with E-state index in [-0.39, 0.29) is 29.3 Å². The predicted molar refractivity (Wildman–Crippen MR) is 175 cm³/mol. The second-order valence-corrected chi connectivity index (χ2v) is 13.4. The Hall–Kier alpha value is -3.85. The first kappa shape index (κ1) is 30.2. The van der Waals surface area contributed by atoms with Crippen LogP contribution in [0.15, 0.2) is 36.4 Å². The molecule has 2 aliphatic rings. The number of nitrogens with zero attached hydrogens (tertiary/aromatic N) is 4. The van der Waals surface area contributed by atoms with E-state index in [1.165, 1.54) is 0 Å². The van der Waals surface area contributed by atoms with E-state index in [1.54, 1.807) is 7.11 Å². The molecule has 0 radical (unpaired) electrons. The van der Waals surface area contributed by atoms with E-state index < -0.39 is 0 Å². The molecule has 44 heavy (non-hydrogen) atoms. The molecule has 0 unspecified atom stereocenters. The average Bonchev–Trinajstić information content (AvgIpc) is 3.53. The van der Waals surface area contributed by atoms with Crippen LogP contribution in [0, 0.1) is 5.41 Å². The monoisotopic (exact) mass is 598 g/mol. The summed E-state index contributed by atoms with van der Waals surface area (Å²) in [5, 5.41) is 4.40. The lowest BCUT2D eigenvalue weighted by atomic mass is 9.85. The topological polar surface area (TPSA) is 107 Å². The number of likely N-dealkylation sites (tertiary alicyclic amines) is 1. The molecule has 6 rings (SSSR count). The third-order valence-corrected chi connectivity index (χ3v) is 9.70. The largest absolute Gasteiger partial charge is 0.494 e. The standard InChI is InChI=1S/C35H46N6O3/c1-22-23-12-13-24-19-29(41(28(24)18-23)16-9-7-6-8-14-35(2,3)34(43)37-22)32-38-27-17-25(20-30(44-5)31(27)39(32)4)33(42)40-15-10-11-26(36)21-40/h12-13,17-20,22,26H,6-11,14-16,21,36H2,1-5H3,(H,37,43)/t22-,26-/m1/s1. The minimum absolute atomic E-state index is 0.0103. The van der Waals surface area contributed by atoms with Crippen molar-refractivity contribution in [3.8, 4) is 17.3 Å². The van der Waals surface area contributed by atoms with Gasteiger partial charge < -0.3 is 29.8 Å². The first-order valence-corrected chi connectivity index (χ1v) is 16.1. The molecule has 4 aromatic rings. The summed E-state index contributed by atoms with van der Waals surface area (Å²) in [6.07, 6.45) is 6.98. The van der Waals surface area contributed by atoms with Gasteiger partial charge in [-0.1, -0.05) is 45.2 Å². The Kier molecular flexibility index (Phi) is 8.18.